The lowest BCUT2D eigenvalue weighted by atomic mass is 10.1. The van der Waals surface area contributed by atoms with Crippen LogP contribution in [0.3, 0.4) is 0 Å². The maximum atomic E-state index is 5.97. The number of aromatic nitrogens is 1. The lowest BCUT2D eigenvalue weighted by Gasteiger charge is -2.11. The molecule has 1 unspecified atom stereocenters. The third-order valence-electron chi connectivity index (χ3n) is 3.16. The quantitative estimate of drug-likeness (QED) is 0.901. The van der Waals surface area contributed by atoms with Gasteiger partial charge in [0.15, 0.2) is 0 Å². The van der Waals surface area contributed by atoms with E-state index in [2.05, 4.69) is 11.9 Å². The molecule has 0 saturated carbocycles. The van der Waals surface area contributed by atoms with Crippen LogP contribution in [0.5, 0.6) is 11.5 Å². The van der Waals surface area contributed by atoms with Gasteiger partial charge in [-0.15, -0.1) is 0 Å². The number of nitrogens with two attached hydrogens (primary N) is 1. The van der Waals surface area contributed by atoms with Crippen LogP contribution in [0.4, 0.5) is 0 Å². The smallest absolute Gasteiger partial charge is 0.145 e. The van der Waals surface area contributed by atoms with Crippen LogP contribution in [-0.4, -0.2) is 11.0 Å². The van der Waals surface area contributed by atoms with Crippen molar-refractivity contribution in [1.29, 1.82) is 0 Å². The van der Waals surface area contributed by atoms with Crippen molar-refractivity contribution in [2.75, 3.05) is 0 Å². The van der Waals surface area contributed by atoms with Crippen LogP contribution < -0.4 is 10.5 Å². The van der Waals surface area contributed by atoms with Crippen LogP contribution >= 0.6 is 11.6 Å². The Labute approximate surface area is 124 Å². The molecule has 0 fully saturated rings. The molecule has 4 heteroatoms. The molecule has 0 aliphatic heterocycles. The highest BCUT2D eigenvalue weighted by molar-refractivity contribution is 6.30. The van der Waals surface area contributed by atoms with E-state index >= 15 is 0 Å². The Morgan fingerprint density at radius 3 is 2.80 bits per heavy atom. The number of benzene rings is 1. The molecule has 0 aliphatic rings. The van der Waals surface area contributed by atoms with Crippen molar-refractivity contribution in [3.63, 3.8) is 0 Å². The van der Waals surface area contributed by atoms with Crippen molar-refractivity contribution in [2.45, 2.75) is 32.7 Å². The number of hydrogen-bond acceptors (Lipinski definition) is 3. The zero-order chi connectivity index (χ0) is 14.5. The van der Waals surface area contributed by atoms with Crippen LogP contribution in [0.1, 0.15) is 24.5 Å². The Bertz CT molecular complexity index is 586. The van der Waals surface area contributed by atoms with Crippen LogP contribution in [0.2, 0.25) is 5.02 Å². The van der Waals surface area contributed by atoms with Gasteiger partial charge < -0.3 is 10.5 Å². The first-order chi connectivity index (χ1) is 9.58. The lowest BCUT2D eigenvalue weighted by molar-refractivity contribution is 0.475. The second-order valence-electron chi connectivity index (χ2n) is 4.91. The summed E-state index contributed by atoms with van der Waals surface area (Å²) in [6, 6.07) is 7.69. The Balaban J connectivity index is 2.15. The molecular formula is C16H19ClN2O. The highest BCUT2D eigenvalue weighted by atomic mass is 35.5. The Hall–Kier alpha value is -1.58. The van der Waals surface area contributed by atoms with Crippen LogP contribution in [0.25, 0.3) is 0 Å². The van der Waals surface area contributed by atoms with Crippen molar-refractivity contribution < 1.29 is 4.74 Å². The van der Waals surface area contributed by atoms with E-state index in [-0.39, 0.29) is 6.04 Å². The molecule has 0 spiro atoms. The first-order valence-electron chi connectivity index (χ1n) is 6.72. The average Bonchev–Trinajstić information content (AvgIpc) is 2.42. The van der Waals surface area contributed by atoms with Gasteiger partial charge >= 0.3 is 0 Å². The molecule has 0 aliphatic carbocycles. The van der Waals surface area contributed by atoms with E-state index in [0.717, 1.165) is 35.5 Å². The Kier molecular flexibility index (Phi) is 4.99. The normalized spacial score (nSPS) is 12.2. The van der Waals surface area contributed by atoms with E-state index in [4.69, 9.17) is 22.1 Å². The second-order valence-corrected chi connectivity index (χ2v) is 5.35. The standard InChI is InChI=1S/C16H19ClN2O/c1-3-14(18)7-12-8-15(10-19-9-12)20-16-5-4-13(17)6-11(16)2/h4-6,8-10,14H,3,7,18H2,1-2H3. The molecule has 20 heavy (non-hydrogen) atoms. The number of halogens is 1. The van der Waals surface area contributed by atoms with Gasteiger partial charge in [0.25, 0.3) is 0 Å². The molecule has 1 atom stereocenters. The lowest BCUT2D eigenvalue weighted by Crippen LogP contribution is -2.21. The van der Waals surface area contributed by atoms with Gasteiger partial charge in [-0.2, -0.15) is 0 Å². The van der Waals surface area contributed by atoms with Crippen molar-refractivity contribution >= 4 is 11.6 Å². The molecule has 2 N–H and O–H groups in total. The fourth-order valence-electron chi connectivity index (χ4n) is 1.93. The van der Waals surface area contributed by atoms with Gasteiger partial charge in [0.2, 0.25) is 0 Å². The van der Waals surface area contributed by atoms with Crippen molar-refractivity contribution in [3.05, 3.63) is 52.8 Å². The Morgan fingerprint density at radius 2 is 2.10 bits per heavy atom. The summed E-state index contributed by atoms with van der Waals surface area (Å²) in [5, 5.41) is 0.704. The SMILES string of the molecule is CCC(N)Cc1cncc(Oc2ccc(Cl)cc2C)c1. The summed E-state index contributed by atoms with van der Waals surface area (Å²) in [6.07, 6.45) is 5.29. The predicted octanol–water partition coefficient (Wildman–Crippen LogP) is 4.12. The molecule has 106 valence electrons. The summed E-state index contributed by atoms with van der Waals surface area (Å²) in [7, 11) is 0. The molecular weight excluding hydrogens is 272 g/mol. The molecule has 1 heterocycles. The predicted molar refractivity (Wildman–Crippen MR) is 82.5 cm³/mol. The highest BCUT2D eigenvalue weighted by Gasteiger charge is 2.06. The average molecular weight is 291 g/mol. The second kappa shape index (κ2) is 6.73. The summed E-state index contributed by atoms with van der Waals surface area (Å²) >= 11 is 5.94. The van der Waals surface area contributed by atoms with Crippen molar-refractivity contribution in [3.8, 4) is 11.5 Å². The minimum Gasteiger partial charge on any atom is -0.455 e. The van der Waals surface area contributed by atoms with Gasteiger partial charge in [0.1, 0.15) is 11.5 Å². The van der Waals surface area contributed by atoms with E-state index in [1.165, 1.54) is 0 Å². The fraction of sp³-hybridized carbons (Fsp3) is 0.312. The third-order valence-corrected chi connectivity index (χ3v) is 3.39. The van der Waals surface area contributed by atoms with E-state index in [9.17, 15) is 0 Å². The van der Waals surface area contributed by atoms with E-state index in [1.54, 1.807) is 6.20 Å². The molecule has 3 nitrogen and oxygen atoms in total. The minimum atomic E-state index is 0.157. The molecule has 0 saturated heterocycles. The number of aryl methyl sites for hydroxylation is 1. The minimum absolute atomic E-state index is 0.157. The molecule has 2 rings (SSSR count). The number of rotatable bonds is 5. The molecule has 0 radical (unpaired) electrons. The fourth-order valence-corrected chi connectivity index (χ4v) is 2.16. The van der Waals surface area contributed by atoms with E-state index in [0.29, 0.717) is 5.02 Å². The first kappa shape index (κ1) is 14.8. The summed E-state index contributed by atoms with van der Waals surface area (Å²) in [6.45, 7) is 4.04. The van der Waals surface area contributed by atoms with Crippen LogP contribution in [-0.2, 0) is 6.42 Å². The van der Waals surface area contributed by atoms with E-state index in [1.807, 2.05) is 37.4 Å². The number of hydrogen-bond donors (Lipinski definition) is 1. The molecule has 0 bridgehead atoms. The van der Waals surface area contributed by atoms with Gasteiger partial charge in [-0.3, -0.25) is 4.98 Å². The Morgan fingerprint density at radius 1 is 1.30 bits per heavy atom. The summed E-state index contributed by atoms with van der Waals surface area (Å²) in [5.74, 6) is 1.50. The monoisotopic (exact) mass is 290 g/mol. The molecule has 1 aromatic carbocycles. The zero-order valence-electron chi connectivity index (χ0n) is 11.8. The summed E-state index contributed by atoms with van der Waals surface area (Å²) in [4.78, 5) is 4.21. The maximum Gasteiger partial charge on any atom is 0.145 e. The van der Waals surface area contributed by atoms with Gasteiger partial charge in [-0.05, 0) is 55.2 Å². The largest absolute Gasteiger partial charge is 0.455 e. The maximum absolute atomic E-state index is 5.97. The van der Waals surface area contributed by atoms with E-state index < -0.39 is 0 Å². The van der Waals surface area contributed by atoms with Gasteiger partial charge in [-0.25, -0.2) is 0 Å². The molecule has 1 aromatic heterocycles. The third kappa shape index (κ3) is 3.95. The summed E-state index contributed by atoms with van der Waals surface area (Å²) < 4.78 is 5.86. The number of pyridine rings is 1. The number of nitrogens with zero attached hydrogens (tertiary/aromatic N) is 1. The van der Waals surface area contributed by atoms with Gasteiger partial charge in [0, 0.05) is 17.3 Å². The van der Waals surface area contributed by atoms with Crippen LogP contribution in [0, 0.1) is 6.92 Å². The highest BCUT2D eigenvalue weighted by Crippen LogP contribution is 2.27. The van der Waals surface area contributed by atoms with Gasteiger partial charge in [-0.1, -0.05) is 18.5 Å². The van der Waals surface area contributed by atoms with Crippen molar-refractivity contribution in [2.24, 2.45) is 5.73 Å². The van der Waals surface area contributed by atoms with Crippen LogP contribution in [0.15, 0.2) is 36.7 Å². The topological polar surface area (TPSA) is 48.1 Å². The molecule has 0 amide bonds. The summed E-state index contributed by atoms with van der Waals surface area (Å²) in [5.41, 5.74) is 8.05. The first-order valence-corrected chi connectivity index (χ1v) is 7.09. The zero-order valence-corrected chi connectivity index (χ0v) is 12.5. The van der Waals surface area contributed by atoms with Gasteiger partial charge in [0.05, 0.1) is 6.20 Å². The number of ether oxygens (including phenoxy) is 1. The molecule has 2 aromatic rings. The van der Waals surface area contributed by atoms with Crippen molar-refractivity contribution in [1.82, 2.24) is 4.98 Å².